The molecule has 476 valence electrons. The molecule has 25 heteroatoms. The van der Waals surface area contributed by atoms with Gasteiger partial charge in [0.2, 0.25) is 0 Å². The number of nitrogens with two attached hydrogens (primary N) is 6. The fourth-order valence-corrected chi connectivity index (χ4v) is 8.62. The molecule has 0 aromatic carbocycles. The number of alkyl halides is 2. The van der Waals surface area contributed by atoms with Crippen LogP contribution in [0.1, 0.15) is 99.3 Å². The van der Waals surface area contributed by atoms with E-state index >= 15 is 0 Å². The number of nitrogens with zero attached hydrogens (tertiary/aromatic N) is 8. The lowest BCUT2D eigenvalue weighted by Crippen LogP contribution is -2.51. The number of aromatic nitrogens is 5. The Balaban J connectivity index is 0.000000232. The number of pyridine rings is 5. The summed E-state index contributed by atoms with van der Waals surface area (Å²) in [7, 11) is 6.82. The van der Waals surface area contributed by atoms with Gasteiger partial charge in [0.05, 0.1) is 55.8 Å². The fraction of sp³-hybridized carbons (Fsp3) is 0.557. The number of fused-ring (bicyclic) bond motifs is 2. The van der Waals surface area contributed by atoms with Crippen LogP contribution in [0, 0.1) is 11.8 Å². The summed E-state index contributed by atoms with van der Waals surface area (Å²) in [5, 5.41) is 0. The van der Waals surface area contributed by atoms with Crippen LogP contribution in [-0.4, -0.2) is 161 Å². The van der Waals surface area contributed by atoms with Gasteiger partial charge >= 0.3 is 12.2 Å². The van der Waals surface area contributed by atoms with Gasteiger partial charge in [-0.3, -0.25) is 0 Å². The Hall–Kier alpha value is -7.93. The number of halogens is 2. The van der Waals surface area contributed by atoms with Gasteiger partial charge in [-0.05, 0) is 173 Å². The zero-order chi connectivity index (χ0) is 63.5. The second-order valence-electron chi connectivity index (χ2n) is 23.9. The first-order valence-corrected chi connectivity index (χ1v) is 28.9. The molecule has 3 aliphatic rings. The lowest BCUT2D eigenvalue weighted by molar-refractivity contribution is 0.0237. The quantitative estimate of drug-likeness (QED) is 0.0396. The van der Waals surface area contributed by atoms with Crippen LogP contribution < -0.4 is 58.1 Å². The number of amides is 2. The number of anilines is 5. The molecule has 0 spiro atoms. The third-order valence-electron chi connectivity index (χ3n) is 13.0. The standard InChI is InChI=1S/C14H22FN3O3.C14H23N3O3.C13H18N2O.C10H16FN3O.C10H15N3O/c1-14(2,3)21-13(19)18(4)8-10(15)9-20-11-5-6-12(16)17-7-11;1-14(2,3)20-13(18)17(4)8-5-9-19-11-6-7-12(15)16-10-11;14-13-4-3-11(8-15-13)16-12-6-9-1-2-10(5-9)7-12;1-14(2)6-8(11)7-15-9-3-4-10(12)13-5-9;11-9-3-2-8(6-13-9)14-7-10(12)4-1-5-10/h5-7,10H,8-9H2,1-4H3,(H2,16,17);6-7,10H,5,8-9H2,1-4H3,(H2,15,16);3-4,8-10,12H,1-2,5-7H2,(H2,14,15);3-5,8H,6-7H2,1-2H3,(H2,12,13);2-3,6H,1,4-5,7,12H2,(H2,11,13). The molecule has 5 aromatic rings. The minimum Gasteiger partial charge on any atom is -0.492 e. The number of nitrogen functional groups attached to an aromatic ring is 5. The van der Waals surface area contributed by atoms with E-state index in [-0.39, 0.29) is 31.4 Å². The molecule has 0 aliphatic heterocycles. The van der Waals surface area contributed by atoms with Crippen molar-refractivity contribution in [1.82, 2.24) is 39.6 Å². The van der Waals surface area contributed by atoms with Gasteiger partial charge in [-0.1, -0.05) is 12.8 Å². The number of carbonyl (C=O) groups excluding carboxylic acids is 2. The van der Waals surface area contributed by atoms with Gasteiger partial charge in [0.25, 0.3) is 0 Å². The molecule has 0 saturated heterocycles. The van der Waals surface area contributed by atoms with Crippen LogP contribution in [0.3, 0.4) is 0 Å². The predicted octanol–water partition coefficient (Wildman–Crippen LogP) is 9.03. The van der Waals surface area contributed by atoms with Crippen molar-refractivity contribution in [3.63, 3.8) is 0 Å². The Morgan fingerprint density at radius 3 is 1.31 bits per heavy atom. The van der Waals surface area contributed by atoms with Gasteiger partial charge < -0.3 is 82.3 Å². The Morgan fingerprint density at radius 2 is 0.942 bits per heavy atom. The van der Waals surface area contributed by atoms with Crippen molar-refractivity contribution < 1.29 is 51.5 Å². The second-order valence-corrected chi connectivity index (χ2v) is 23.9. The van der Waals surface area contributed by atoms with Crippen LogP contribution in [-0.2, 0) is 9.47 Å². The molecule has 86 heavy (non-hydrogen) atoms. The summed E-state index contributed by atoms with van der Waals surface area (Å²) >= 11 is 0. The maximum absolute atomic E-state index is 13.8. The third-order valence-corrected chi connectivity index (χ3v) is 13.0. The van der Waals surface area contributed by atoms with E-state index in [1.54, 1.807) is 99.8 Å². The Morgan fingerprint density at radius 1 is 0.558 bits per heavy atom. The average molecular weight is 1210 g/mol. The van der Waals surface area contributed by atoms with E-state index in [1.807, 2.05) is 47.0 Å². The second kappa shape index (κ2) is 34.9. The first-order chi connectivity index (χ1) is 40.5. The Kier molecular flexibility index (Phi) is 28.6. The van der Waals surface area contributed by atoms with Crippen molar-refractivity contribution in [3.05, 3.63) is 91.6 Å². The van der Waals surface area contributed by atoms with Crippen molar-refractivity contribution in [2.24, 2.45) is 17.6 Å². The summed E-state index contributed by atoms with van der Waals surface area (Å²) < 4.78 is 64.8. The van der Waals surface area contributed by atoms with Gasteiger partial charge in [0.15, 0.2) is 6.17 Å². The molecule has 12 N–H and O–H groups in total. The number of hydrogen-bond acceptors (Lipinski definition) is 21. The highest BCUT2D eigenvalue weighted by atomic mass is 19.1. The van der Waals surface area contributed by atoms with Crippen molar-refractivity contribution in [2.75, 3.05) is 103 Å². The highest BCUT2D eigenvalue weighted by molar-refractivity contribution is 5.68. The zero-order valence-corrected chi connectivity index (χ0v) is 51.8. The summed E-state index contributed by atoms with van der Waals surface area (Å²) in [6.45, 7) is 12.5. The predicted molar refractivity (Wildman–Crippen MR) is 331 cm³/mol. The van der Waals surface area contributed by atoms with Crippen LogP contribution in [0.15, 0.2) is 91.6 Å². The third kappa shape index (κ3) is 29.7. The van der Waals surface area contributed by atoms with Gasteiger partial charge in [0.1, 0.15) is 95.0 Å². The first-order valence-electron chi connectivity index (χ1n) is 28.9. The summed E-state index contributed by atoms with van der Waals surface area (Å²) in [6, 6.07) is 17.2. The largest absolute Gasteiger partial charge is 0.492 e. The summed E-state index contributed by atoms with van der Waals surface area (Å²) in [5.41, 5.74) is 32.1. The Bertz CT molecular complexity index is 2690. The molecule has 0 radical (unpaired) electrons. The molecule has 3 saturated carbocycles. The average Bonchev–Trinajstić information content (AvgIpc) is 3.53. The van der Waals surface area contributed by atoms with Crippen molar-refractivity contribution in [2.45, 2.75) is 135 Å². The molecule has 2 amide bonds. The number of hydrogen-bond donors (Lipinski definition) is 6. The van der Waals surface area contributed by atoms with E-state index in [2.05, 4.69) is 24.9 Å². The van der Waals surface area contributed by atoms with Crippen LogP contribution in [0.4, 0.5) is 47.5 Å². The first kappa shape index (κ1) is 70.6. The van der Waals surface area contributed by atoms with E-state index in [0.717, 1.165) is 36.2 Å². The molecule has 3 fully saturated rings. The monoisotopic (exact) mass is 1200 g/mol. The van der Waals surface area contributed by atoms with Crippen LogP contribution >= 0.6 is 0 Å². The molecule has 23 nitrogen and oxygen atoms in total. The van der Waals surface area contributed by atoms with E-state index in [1.165, 1.54) is 67.8 Å². The SMILES string of the molecule is CN(C)CC(F)COc1ccc(N)nc1.CN(CC(F)COc1ccc(N)nc1)C(=O)OC(C)(C)C.CN(CCCOc1ccc(N)nc1)C(=O)OC(C)(C)C.Nc1ccc(OC2CC3CCC(C3)C2)cn1.Nc1ccc(OCC2(N)CCC2)cn1. The van der Waals surface area contributed by atoms with E-state index in [4.69, 9.17) is 67.6 Å². The van der Waals surface area contributed by atoms with Crippen molar-refractivity contribution in [1.29, 1.82) is 0 Å². The fourth-order valence-electron chi connectivity index (χ4n) is 8.62. The zero-order valence-electron chi connectivity index (χ0n) is 51.8. The Labute approximate surface area is 506 Å². The highest BCUT2D eigenvalue weighted by Gasteiger charge is 2.35. The van der Waals surface area contributed by atoms with E-state index in [9.17, 15) is 18.4 Å². The van der Waals surface area contributed by atoms with E-state index in [0.29, 0.717) is 85.2 Å². The van der Waals surface area contributed by atoms with Crippen molar-refractivity contribution >= 4 is 41.3 Å². The van der Waals surface area contributed by atoms with Gasteiger partial charge in [-0.2, -0.15) is 0 Å². The van der Waals surface area contributed by atoms with Crippen LogP contribution in [0.5, 0.6) is 28.7 Å². The number of ether oxygens (including phenoxy) is 7. The molecule has 5 aromatic heterocycles. The minimum atomic E-state index is -1.33. The summed E-state index contributed by atoms with van der Waals surface area (Å²) in [6.07, 6.45) is 15.7. The maximum atomic E-state index is 13.8. The van der Waals surface area contributed by atoms with Gasteiger partial charge in [-0.25, -0.2) is 43.3 Å². The smallest absolute Gasteiger partial charge is 0.410 e. The normalized spacial score (nSPS) is 17.0. The minimum absolute atomic E-state index is 0.0315. The molecule has 4 atom stereocenters. The lowest BCUT2D eigenvalue weighted by Gasteiger charge is -2.37. The molecular weight excluding hydrogens is 1110 g/mol. The van der Waals surface area contributed by atoms with Crippen LogP contribution in [0.2, 0.25) is 0 Å². The van der Waals surface area contributed by atoms with Gasteiger partial charge in [-0.15, -0.1) is 0 Å². The number of carbonyl (C=O) groups is 2. The summed E-state index contributed by atoms with van der Waals surface area (Å²) in [5.74, 6) is 7.33. The molecule has 5 heterocycles. The van der Waals surface area contributed by atoms with Crippen molar-refractivity contribution in [3.8, 4) is 28.7 Å². The van der Waals surface area contributed by atoms with Gasteiger partial charge in [0, 0.05) is 27.2 Å². The number of rotatable bonds is 20. The van der Waals surface area contributed by atoms with Crippen LogP contribution in [0.25, 0.3) is 0 Å². The van der Waals surface area contributed by atoms with E-state index < -0.39 is 29.6 Å². The molecule has 8 rings (SSSR count). The maximum Gasteiger partial charge on any atom is 0.410 e. The summed E-state index contributed by atoms with van der Waals surface area (Å²) in [4.78, 5) is 47.5. The molecule has 3 aliphatic carbocycles. The lowest BCUT2D eigenvalue weighted by atomic mass is 9.78. The molecular formula is C61H94F2N14O9. The topological polar surface area (TPSA) is 329 Å². The molecule has 4 unspecified atom stereocenters. The molecule has 2 bridgehead atoms. The highest BCUT2D eigenvalue weighted by Crippen LogP contribution is 2.43.